The van der Waals surface area contributed by atoms with E-state index in [9.17, 15) is 0 Å². The summed E-state index contributed by atoms with van der Waals surface area (Å²) in [6.07, 6.45) is 5.97. The Balaban J connectivity index is 1.68. The first-order valence-electron chi connectivity index (χ1n) is 10.8. The lowest BCUT2D eigenvalue weighted by atomic mass is 9.89. The van der Waals surface area contributed by atoms with Crippen LogP contribution in [0.3, 0.4) is 0 Å². The van der Waals surface area contributed by atoms with Crippen molar-refractivity contribution in [2.45, 2.75) is 43.8 Å². The fourth-order valence-corrected chi connectivity index (χ4v) is 3.89. The van der Waals surface area contributed by atoms with Crippen molar-refractivity contribution in [2.24, 2.45) is 16.6 Å². The van der Waals surface area contributed by atoms with Crippen LogP contribution in [0.4, 0.5) is 0 Å². The molecule has 0 radical (unpaired) electrons. The van der Waals surface area contributed by atoms with E-state index >= 15 is 0 Å². The molecule has 1 aliphatic rings. The van der Waals surface area contributed by atoms with Gasteiger partial charge in [-0.05, 0) is 61.6 Å². The monoisotopic (exact) mass is 420 g/mol. The Bertz CT molecular complexity index is 863. The topological polar surface area (TPSA) is 110 Å². The molecule has 2 aromatic rings. The van der Waals surface area contributed by atoms with Gasteiger partial charge in [-0.2, -0.15) is 5.10 Å². The highest BCUT2D eigenvalue weighted by atomic mass is 16.5. The molecule has 3 rings (SSSR count). The number of nitrogens with zero attached hydrogens (tertiary/aromatic N) is 1. The van der Waals surface area contributed by atoms with Crippen LogP contribution < -0.4 is 32.2 Å². The fourth-order valence-electron chi connectivity index (χ4n) is 3.89. The Labute approximate surface area is 185 Å². The SMILES string of the molecule is BNC1CCC(NC(=NNC)/C(=C\N)C(N)c2ccc(Oc3ccccc3)cc2)CC1. The van der Waals surface area contributed by atoms with Crippen LogP contribution in [-0.2, 0) is 0 Å². The Kier molecular flexibility index (Phi) is 8.38. The molecule has 1 saturated carbocycles. The van der Waals surface area contributed by atoms with Gasteiger partial charge in [0.25, 0.3) is 0 Å². The Morgan fingerprint density at radius 2 is 1.65 bits per heavy atom. The third-order valence-electron chi connectivity index (χ3n) is 5.71. The van der Waals surface area contributed by atoms with E-state index in [1.165, 1.54) is 0 Å². The summed E-state index contributed by atoms with van der Waals surface area (Å²) in [5, 5.41) is 11.4. The molecule has 0 amide bonds. The number of para-hydroxylation sites is 1. The number of hydrazone groups is 1. The minimum absolute atomic E-state index is 0.348. The van der Waals surface area contributed by atoms with Gasteiger partial charge in [-0.1, -0.05) is 30.3 Å². The molecule has 0 aliphatic heterocycles. The molecule has 2 aromatic carbocycles. The third kappa shape index (κ3) is 6.26. The van der Waals surface area contributed by atoms with E-state index in [4.69, 9.17) is 16.2 Å². The van der Waals surface area contributed by atoms with E-state index in [0.717, 1.165) is 48.3 Å². The zero-order valence-electron chi connectivity index (χ0n) is 18.3. The number of hydrogen-bond acceptors (Lipinski definition) is 6. The minimum Gasteiger partial charge on any atom is -0.457 e. The molecule has 0 spiro atoms. The number of amidine groups is 1. The molecule has 164 valence electrons. The van der Waals surface area contributed by atoms with E-state index in [-0.39, 0.29) is 0 Å². The van der Waals surface area contributed by atoms with Crippen molar-refractivity contribution in [1.82, 2.24) is 16.0 Å². The summed E-state index contributed by atoms with van der Waals surface area (Å²) < 4.78 is 5.87. The maximum absolute atomic E-state index is 6.58. The van der Waals surface area contributed by atoms with E-state index in [0.29, 0.717) is 17.9 Å². The van der Waals surface area contributed by atoms with E-state index in [1.807, 2.05) is 62.6 Å². The molecule has 7 N–H and O–H groups in total. The number of nitrogens with two attached hydrogens (primary N) is 2. The quantitative estimate of drug-likeness (QED) is 0.193. The molecule has 0 aromatic heterocycles. The third-order valence-corrected chi connectivity index (χ3v) is 5.71. The van der Waals surface area contributed by atoms with Crippen LogP contribution in [0.1, 0.15) is 37.3 Å². The van der Waals surface area contributed by atoms with Gasteiger partial charge in [-0.25, -0.2) is 0 Å². The summed E-state index contributed by atoms with van der Waals surface area (Å²) in [6.45, 7) is 0. The molecule has 7 nitrogen and oxygen atoms in total. The van der Waals surface area contributed by atoms with Crippen molar-refractivity contribution in [3.63, 3.8) is 0 Å². The summed E-state index contributed by atoms with van der Waals surface area (Å²) in [4.78, 5) is 0. The van der Waals surface area contributed by atoms with Gasteiger partial charge >= 0.3 is 0 Å². The molecular weight excluding hydrogens is 387 g/mol. The maximum Gasteiger partial charge on any atom is 0.182 e. The van der Waals surface area contributed by atoms with Crippen LogP contribution >= 0.6 is 0 Å². The van der Waals surface area contributed by atoms with Gasteiger partial charge in [0.05, 0.1) is 6.04 Å². The number of ether oxygens (including phenoxy) is 1. The van der Waals surface area contributed by atoms with Crippen molar-refractivity contribution in [2.75, 3.05) is 7.05 Å². The van der Waals surface area contributed by atoms with Gasteiger partial charge in [0.2, 0.25) is 0 Å². The first kappa shape index (κ1) is 22.7. The van der Waals surface area contributed by atoms with Gasteiger partial charge < -0.3 is 32.2 Å². The molecule has 1 unspecified atom stereocenters. The predicted molar refractivity (Wildman–Crippen MR) is 130 cm³/mol. The average molecular weight is 420 g/mol. The summed E-state index contributed by atoms with van der Waals surface area (Å²) in [7, 11) is 3.80. The molecule has 1 aliphatic carbocycles. The largest absolute Gasteiger partial charge is 0.457 e. The zero-order valence-corrected chi connectivity index (χ0v) is 18.3. The van der Waals surface area contributed by atoms with E-state index in [1.54, 1.807) is 13.2 Å². The maximum atomic E-state index is 6.58. The van der Waals surface area contributed by atoms with Gasteiger partial charge in [0, 0.05) is 24.9 Å². The van der Waals surface area contributed by atoms with Crippen LogP contribution in [0.25, 0.3) is 0 Å². The molecule has 1 atom stereocenters. The Hall–Kier alpha value is -2.97. The lowest BCUT2D eigenvalue weighted by molar-refractivity contribution is 0.358. The number of rotatable bonds is 8. The standard InChI is InChI=1S/C23H33BN6O/c1-27-30-23(28-17-9-11-18(29-24)12-10-17)21(15-25)22(26)16-7-13-20(14-8-16)31-19-5-3-2-4-6-19/h2-8,13-15,17-18,22,27,29H,9-12,24-26H2,1H3,(H,28,30)/b21-15-. The Morgan fingerprint density at radius 3 is 2.23 bits per heavy atom. The lowest BCUT2D eigenvalue weighted by Crippen LogP contribution is -2.44. The molecule has 31 heavy (non-hydrogen) atoms. The van der Waals surface area contributed by atoms with Crippen molar-refractivity contribution in [1.29, 1.82) is 0 Å². The first-order chi connectivity index (χ1) is 15.1. The molecule has 0 saturated heterocycles. The van der Waals surface area contributed by atoms with Crippen molar-refractivity contribution < 1.29 is 4.74 Å². The van der Waals surface area contributed by atoms with Crippen molar-refractivity contribution in [3.8, 4) is 11.5 Å². The fraction of sp³-hybridized carbons (Fsp3) is 0.348. The van der Waals surface area contributed by atoms with Gasteiger partial charge in [0.15, 0.2) is 13.8 Å². The van der Waals surface area contributed by atoms with Crippen LogP contribution in [0.15, 0.2) is 71.5 Å². The summed E-state index contributed by atoms with van der Waals surface area (Å²) in [5.41, 5.74) is 17.1. The number of hydrogen-bond donors (Lipinski definition) is 5. The summed E-state index contributed by atoms with van der Waals surface area (Å²) in [6, 6.07) is 18.0. The van der Waals surface area contributed by atoms with Crippen LogP contribution in [0.2, 0.25) is 0 Å². The Morgan fingerprint density at radius 1 is 1.03 bits per heavy atom. The van der Waals surface area contributed by atoms with E-state index in [2.05, 4.69) is 21.1 Å². The van der Waals surface area contributed by atoms with Gasteiger partial charge in [0.1, 0.15) is 11.5 Å². The van der Waals surface area contributed by atoms with Crippen LogP contribution in [0, 0.1) is 0 Å². The van der Waals surface area contributed by atoms with Gasteiger partial charge in [-0.3, -0.25) is 0 Å². The van der Waals surface area contributed by atoms with Crippen molar-refractivity contribution >= 4 is 13.8 Å². The van der Waals surface area contributed by atoms with Crippen molar-refractivity contribution in [3.05, 3.63) is 71.9 Å². The second kappa shape index (κ2) is 11.4. The number of nitrogens with one attached hydrogen (secondary N) is 3. The molecule has 0 heterocycles. The van der Waals surface area contributed by atoms with E-state index < -0.39 is 6.04 Å². The average Bonchev–Trinajstić information content (AvgIpc) is 2.81. The second-order valence-electron chi connectivity index (χ2n) is 7.75. The predicted octanol–water partition coefficient (Wildman–Crippen LogP) is 1.89. The highest BCUT2D eigenvalue weighted by molar-refractivity contribution is 6.04. The van der Waals surface area contributed by atoms with Crippen LogP contribution in [0.5, 0.6) is 11.5 Å². The summed E-state index contributed by atoms with van der Waals surface area (Å²) >= 11 is 0. The summed E-state index contributed by atoms with van der Waals surface area (Å²) in [5.74, 6) is 2.24. The number of benzene rings is 2. The highest BCUT2D eigenvalue weighted by Crippen LogP contribution is 2.26. The van der Waals surface area contributed by atoms with Gasteiger partial charge in [-0.15, -0.1) is 0 Å². The lowest BCUT2D eigenvalue weighted by Gasteiger charge is -2.31. The van der Waals surface area contributed by atoms with Crippen LogP contribution in [-0.4, -0.2) is 32.9 Å². The normalized spacial score (nSPS) is 20.7. The highest BCUT2D eigenvalue weighted by Gasteiger charge is 2.24. The second-order valence-corrected chi connectivity index (χ2v) is 7.75. The first-order valence-corrected chi connectivity index (χ1v) is 10.8. The minimum atomic E-state index is -0.413. The molecule has 1 fully saturated rings. The smallest absolute Gasteiger partial charge is 0.182 e. The zero-order chi connectivity index (χ0) is 22.1. The molecule has 0 bridgehead atoms. The molecular formula is C23H33BN6O. The molecule has 8 heteroatoms.